The third kappa shape index (κ3) is 3.03. The molecule has 1 saturated heterocycles. The Balaban J connectivity index is 2.25. The number of likely N-dealkylation sites (tertiary alicyclic amines) is 1. The van der Waals surface area contributed by atoms with Crippen LogP contribution in [0.15, 0.2) is 22.7 Å². The van der Waals surface area contributed by atoms with Gasteiger partial charge in [0.2, 0.25) is 0 Å². The van der Waals surface area contributed by atoms with Gasteiger partial charge in [0, 0.05) is 22.6 Å². The van der Waals surface area contributed by atoms with Gasteiger partial charge in [-0.15, -0.1) is 0 Å². The lowest BCUT2D eigenvalue weighted by atomic mass is 9.90. The molecule has 5 heteroatoms. The van der Waals surface area contributed by atoms with E-state index >= 15 is 0 Å². The number of halogens is 1. The van der Waals surface area contributed by atoms with E-state index < -0.39 is 11.9 Å². The number of piperidine rings is 1. The maximum atomic E-state index is 12.6. The molecule has 108 valence electrons. The van der Waals surface area contributed by atoms with Crippen molar-refractivity contribution in [2.75, 3.05) is 6.54 Å². The third-order valence-corrected chi connectivity index (χ3v) is 4.31. The van der Waals surface area contributed by atoms with Crippen LogP contribution in [0.1, 0.15) is 35.7 Å². The van der Waals surface area contributed by atoms with E-state index in [0.717, 1.165) is 16.5 Å². The first kappa shape index (κ1) is 15.0. The van der Waals surface area contributed by atoms with Gasteiger partial charge < -0.3 is 10.0 Å². The van der Waals surface area contributed by atoms with Crippen molar-refractivity contribution in [3.63, 3.8) is 0 Å². The zero-order valence-corrected chi connectivity index (χ0v) is 13.2. The van der Waals surface area contributed by atoms with Gasteiger partial charge in [0.1, 0.15) is 0 Å². The van der Waals surface area contributed by atoms with Crippen LogP contribution in [0.5, 0.6) is 0 Å². The molecule has 2 rings (SSSR count). The van der Waals surface area contributed by atoms with Crippen LogP contribution in [0.3, 0.4) is 0 Å². The number of aliphatic carboxylic acids is 1. The molecular formula is C15H18BrNO3. The Kier molecular flexibility index (Phi) is 4.48. The maximum absolute atomic E-state index is 12.6. The largest absolute Gasteiger partial charge is 0.481 e. The summed E-state index contributed by atoms with van der Waals surface area (Å²) in [6.07, 6.45) is 1.37. The molecule has 4 nitrogen and oxygen atoms in total. The highest BCUT2D eigenvalue weighted by atomic mass is 79.9. The summed E-state index contributed by atoms with van der Waals surface area (Å²) < 4.78 is 0.861. The van der Waals surface area contributed by atoms with Gasteiger partial charge in [-0.2, -0.15) is 0 Å². The van der Waals surface area contributed by atoms with Crippen molar-refractivity contribution in [2.45, 2.75) is 32.7 Å². The molecule has 1 aromatic rings. The number of aryl methyl sites for hydroxylation is 1. The molecular weight excluding hydrogens is 322 g/mol. The molecule has 1 aromatic carbocycles. The number of hydrogen-bond acceptors (Lipinski definition) is 2. The Labute approximate surface area is 126 Å². The molecule has 1 N–H and O–H groups in total. The lowest BCUT2D eigenvalue weighted by molar-refractivity contribution is -0.144. The molecule has 0 aromatic heterocycles. The number of carbonyl (C=O) groups is 2. The van der Waals surface area contributed by atoms with Crippen molar-refractivity contribution < 1.29 is 14.7 Å². The highest BCUT2D eigenvalue weighted by Crippen LogP contribution is 2.26. The van der Waals surface area contributed by atoms with E-state index in [-0.39, 0.29) is 11.9 Å². The van der Waals surface area contributed by atoms with Crippen LogP contribution in [0.4, 0.5) is 0 Å². The van der Waals surface area contributed by atoms with Crippen molar-refractivity contribution in [1.82, 2.24) is 4.90 Å². The summed E-state index contributed by atoms with van der Waals surface area (Å²) in [5.74, 6) is -1.38. The number of carboxylic acids is 1. The second kappa shape index (κ2) is 5.95. The Morgan fingerprint density at radius 3 is 2.65 bits per heavy atom. The second-order valence-electron chi connectivity index (χ2n) is 5.34. The van der Waals surface area contributed by atoms with E-state index in [4.69, 9.17) is 0 Å². The second-order valence-corrected chi connectivity index (χ2v) is 6.26. The molecule has 1 fully saturated rings. The van der Waals surface area contributed by atoms with Crippen LogP contribution in [0.25, 0.3) is 0 Å². The predicted octanol–water partition coefficient (Wildman–Crippen LogP) is 3.08. The van der Waals surface area contributed by atoms with E-state index in [1.54, 1.807) is 11.0 Å². The first-order valence-corrected chi connectivity index (χ1v) is 7.50. The zero-order chi connectivity index (χ0) is 14.9. The van der Waals surface area contributed by atoms with Crippen molar-refractivity contribution in [3.8, 4) is 0 Å². The molecule has 0 saturated carbocycles. The van der Waals surface area contributed by atoms with Gasteiger partial charge in [-0.05, 0) is 50.5 Å². The van der Waals surface area contributed by atoms with Crippen molar-refractivity contribution in [3.05, 3.63) is 33.8 Å². The molecule has 0 radical (unpaired) electrons. The maximum Gasteiger partial charge on any atom is 0.308 e. The van der Waals surface area contributed by atoms with Gasteiger partial charge in [-0.25, -0.2) is 0 Å². The fourth-order valence-corrected chi connectivity index (χ4v) is 3.39. The van der Waals surface area contributed by atoms with E-state index in [1.807, 2.05) is 26.0 Å². The molecule has 1 heterocycles. The van der Waals surface area contributed by atoms with Crippen LogP contribution in [0.2, 0.25) is 0 Å². The van der Waals surface area contributed by atoms with Gasteiger partial charge in [0.05, 0.1) is 5.92 Å². The molecule has 0 unspecified atom stereocenters. The smallest absolute Gasteiger partial charge is 0.308 e. The minimum Gasteiger partial charge on any atom is -0.481 e. The zero-order valence-electron chi connectivity index (χ0n) is 11.6. The van der Waals surface area contributed by atoms with Crippen molar-refractivity contribution >= 4 is 27.8 Å². The average Bonchev–Trinajstić information content (AvgIpc) is 2.36. The van der Waals surface area contributed by atoms with E-state index in [1.165, 1.54) is 0 Å². The molecule has 1 aliphatic heterocycles. The SMILES string of the molecule is Cc1cc(Br)cc(C(=O)N2CCC[C@@H](C(=O)O)[C@H]2C)c1. The Hall–Kier alpha value is -1.36. The highest BCUT2D eigenvalue weighted by molar-refractivity contribution is 9.10. The standard InChI is InChI=1S/C15H18BrNO3/c1-9-6-11(8-12(16)7-9)14(18)17-5-3-4-13(10(17)2)15(19)20/h6-8,10,13H,3-5H2,1-2H3,(H,19,20)/t10-,13-/m1/s1. The van der Waals surface area contributed by atoms with Crippen molar-refractivity contribution in [2.24, 2.45) is 5.92 Å². The fraction of sp³-hybridized carbons (Fsp3) is 0.467. The number of benzene rings is 1. The molecule has 20 heavy (non-hydrogen) atoms. The summed E-state index contributed by atoms with van der Waals surface area (Å²) in [7, 11) is 0. The summed E-state index contributed by atoms with van der Waals surface area (Å²) in [6.45, 7) is 4.37. The van der Waals surface area contributed by atoms with Gasteiger partial charge >= 0.3 is 5.97 Å². The Morgan fingerprint density at radius 1 is 1.35 bits per heavy atom. The first-order chi connectivity index (χ1) is 9.40. The fourth-order valence-electron chi connectivity index (χ4n) is 2.79. The lowest BCUT2D eigenvalue weighted by Gasteiger charge is -2.37. The quantitative estimate of drug-likeness (QED) is 0.900. The molecule has 1 aliphatic rings. The van der Waals surface area contributed by atoms with Gasteiger partial charge in [-0.1, -0.05) is 15.9 Å². The monoisotopic (exact) mass is 339 g/mol. The Morgan fingerprint density at radius 2 is 2.05 bits per heavy atom. The van der Waals surface area contributed by atoms with Crippen LogP contribution in [-0.4, -0.2) is 34.5 Å². The predicted molar refractivity (Wildman–Crippen MR) is 79.7 cm³/mol. The van der Waals surface area contributed by atoms with E-state index in [2.05, 4.69) is 15.9 Å². The number of amides is 1. The minimum atomic E-state index is -0.819. The average molecular weight is 340 g/mol. The van der Waals surface area contributed by atoms with Crippen LogP contribution in [-0.2, 0) is 4.79 Å². The summed E-state index contributed by atoms with van der Waals surface area (Å²) in [6, 6.07) is 5.29. The minimum absolute atomic E-state index is 0.0900. The number of hydrogen-bond donors (Lipinski definition) is 1. The van der Waals surface area contributed by atoms with E-state index in [9.17, 15) is 14.7 Å². The molecule has 0 spiro atoms. The van der Waals surface area contributed by atoms with Crippen molar-refractivity contribution in [1.29, 1.82) is 0 Å². The molecule has 0 bridgehead atoms. The Bertz CT molecular complexity index is 524. The normalized spacial score (nSPS) is 22.6. The summed E-state index contributed by atoms with van der Waals surface area (Å²) in [4.78, 5) is 25.5. The van der Waals surface area contributed by atoms with Crippen LogP contribution >= 0.6 is 15.9 Å². The molecule has 0 aliphatic carbocycles. The molecule has 2 atom stereocenters. The molecule has 1 amide bonds. The van der Waals surface area contributed by atoms with Gasteiger partial charge in [0.25, 0.3) is 5.91 Å². The first-order valence-electron chi connectivity index (χ1n) is 6.71. The highest BCUT2D eigenvalue weighted by Gasteiger charge is 2.35. The topological polar surface area (TPSA) is 57.6 Å². The van der Waals surface area contributed by atoms with Gasteiger partial charge in [-0.3, -0.25) is 9.59 Å². The van der Waals surface area contributed by atoms with Gasteiger partial charge in [0.15, 0.2) is 0 Å². The van der Waals surface area contributed by atoms with E-state index in [0.29, 0.717) is 18.5 Å². The summed E-state index contributed by atoms with van der Waals surface area (Å²) in [5.41, 5.74) is 1.61. The lowest BCUT2D eigenvalue weighted by Crippen LogP contribution is -2.49. The number of carboxylic acid groups (broad SMARTS) is 1. The summed E-state index contributed by atoms with van der Waals surface area (Å²) >= 11 is 3.39. The van der Waals surface area contributed by atoms with Crippen LogP contribution in [0, 0.1) is 12.8 Å². The van der Waals surface area contributed by atoms with Crippen LogP contribution < -0.4 is 0 Å². The number of nitrogens with zero attached hydrogens (tertiary/aromatic N) is 1. The number of carbonyl (C=O) groups excluding carboxylic acids is 1. The number of rotatable bonds is 2. The summed E-state index contributed by atoms with van der Waals surface area (Å²) in [5, 5.41) is 9.22. The third-order valence-electron chi connectivity index (χ3n) is 3.86.